The second-order valence-corrected chi connectivity index (χ2v) is 4.57. The Labute approximate surface area is 117 Å². The lowest BCUT2D eigenvalue weighted by molar-refractivity contribution is 0.0996. The van der Waals surface area contributed by atoms with Gasteiger partial charge in [0.1, 0.15) is 5.69 Å². The van der Waals surface area contributed by atoms with Crippen molar-refractivity contribution in [2.45, 2.75) is 0 Å². The van der Waals surface area contributed by atoms with Crippen molar-refractivity contribution >= 4 is 5.91 Å². The molecule has 20 heavy (non-hydrogen) atoms. The largest absolute Gasteiger partial charge is 0.364 e. The first-order valence-electron chi connectivity index (χ1n) is 6.39. The standard InChI is InChI=1S/C17H14N2O/c18-17(20)15-11-14(12-7-3-1-4-8-12)16(19-15)13-9-5-2-6-10-13/h1-11,19H,(H2,18,20). The minimum atomic E-state index is -0.454. The third-order valence-corrected chi connectivity index (χ3v) is 3.23. The molecule has 2 aromatic carbocycles. The number of benzene rings is 2. The number of carbonyl (C=O) groups is 1. The number of hydrogen-bond acceptors (Lipinski definition) is 1. The molecule has 98 valence electrons. The number of amides is 1. The van der Waals surface area contributed by atoms with Gasteiger partial charge in [0, 0.05) is 5.56 Å². The lowest BCUT2D eigenvalue weighted by atomic mass is 10.0. The smallest absolute Gasteiger partial charge is 0.265 e. The Balaban J connectivity index is 2.20. The second-order valence-electron chi connectivity index (χ2n) is 4.57. The summed E-state index contributed by atoms with van der Waals surface area (Å²) in [6.45, 7) is 0. The van der Waals surface area contributed by atoms with Crippen molar-refractivity contribution in [3.63, 3.8) is 0 Å². The van der Waals surface area contributed by atoms with E-state index in [9.17, 15) is 4.79 Å². The summed E-state index contributed by atoms with van der Waals surface area (Å²) in [6, 6.07) is 21.6. The van der Waals surface area contributed by atoms with Gasteiger partial charge in [-0.15, -0.1) is 0 Å². The first-order valence-corrected chi connectivity index (χ1v) is 6.39. The zero-order valence-electron chi connectivity index (χ0n) is 10.8. The third kappa shape index (κ3) is 2.21. The van der Waals surface area contributed by atoms with Gasteiger partial charge in [0.15, 0.2) is 0 Å². The highest BCUT2D eigenvalue weighted by molar-refractivity contribution is 5.96. The quantitative estimate of drug-likeness (QED) is 0.746. The van der Waals surface area contributed by atoms with Crippen LogP contribution in [-0.2, 0) is 0 Å². The van der Waals surface area contributed by atoms with Crippen LogP contribution in [0.3, 0.4) is 0 Å². The van der Waals surface area contributed by atoms with E-state index < -0.39 is 5.91 Å². The number of carbonyl (C=O) groups excluding carboxylic acids is 1. The summed E-state index contributed by atoms with van der Waals surface area (Å²) in [5.41, 5.74) is 9.76. The first-order chi connectivity index (χ1) is 9.75. The van der Waals surface area contributed by atoms with Crippen LogP contribution in [0.25, 0.3) is 22.4 Å². The molecule has 3 aromatic rings. The summed E-state index contributed by atoms with van der Waals surface area (Å²) < 4.78 is 0. The van der Waals surface area contributed by atoms with Crippen LogP contribution in [0.5, 0.6) is 0 Å². The molecular formula is C17H14N2O. The third-order valence-electron chi connectivity index (χ3n) is 3.23. The summed E-state index contributed by atoms with van der Waals surface area (Å²) in [7, 11) is 0. The number of rotatable bonds is 3. The van der Waals surface area contributed by atoms with Crippen LogP contribution >= 0.6 is 0 Å². The molecule has 0 aliphatic rings. The topological polar surface area (TPSA) is 58.9 Å². The van der Waals surface area contributed by atoms with Gasteiger partial charge in [0.2, 0.25) is 0 Å². The predicted molar refractivity (Wildman–Crippen MR) is 80.2 cm³/mol. The van der Waals surface area contributed by atoms with E-state index in [4.69, 9.17) is 5.73 Å². The fraction of sp³-hybridized carbons (Fsp3) is 0. The van der Waals surface area contributed by atoms with E-state index in [2.05, 4.69) is 4.98 Å². The molecule has 0 fully saturated rings. The molecule has 0 unspecified atom stereocenters. The fourth-order valence-corrected chi connectivity index (χ4v) is 2.27. The van der Waals surface area contributed by atoms with Crippen molar-refractivity contribution in [1.82, 2.24) is 4.98 Å². The van der Waals surface area contributed by atoms with Crippen molar-refractivity contribution < 1.29 is 4.79 Å². The molecule has 0 atom stereocenters. The Kier molecular flexibility index (Phi) is 3.09. The molecule has 1 heterocycles. The summed E-state index contributed by atoms with van der Waals surface area (Å²) in [5, 5.41) is 0. The molecule has 0 saturated heterocycles. The van der Waals surface area contributed by atoms with E-state index in [1.165, 1.54) is 0 Å². The number of H-pyrrole nitrogens is 1. The Morgan fingerprint density at radius 2 is 1.40 bits per heavy atom. The van der Waals surface area contributed by atoms with Crippen molar-refractivity contribution in [1.29, 1.82) is 0 Å². The van der Waals surface area contributed by atoms with E-state index in [1.54, 1.807) is 6.07 Å². The second kappa shape index (κ2) is 5.05. The average Bonchev–Trinajstić information content (AvgIpc) is 2.94. The van der Waals surface area contributed by atoms with Gasteiger partial charge in [0.05, 0.1) is 5.69 Å². The maximum Gasteiger partial charge on any atom is 0.265 e. The molecule has 0 spiro atoms. The molecule has 0 aliphatic carbocycles. The van der Waals surface area contributed by atoms with Crippen LogP contribution in [0.1, 0.15) is 10.5 Å². The molecule has 0 radical (unpaired) electrons. The van der Waals surface area contributed by atoms with Gasteiger partial charge in [-0.1, -0.05) is 60.7 Å². The lowest BCUT2D eigenvalue weighted by Crippen LogP contribution is -2.10. The van der Waals surface area contributed by atoms with Crippen LogP contribution < -0.4 is 5.73 Å². The molecule has 3 heteroatoms. The highest BCUT2D eigenvalue weighted by atomic mass is 16.1. The summed E-state index contributed by atoms with van der Waals surface area (Å²) in [4.78, 5) is 14.5. The van der Waals surface area contributed by atoms with Gasteiger partial charge >= 0.3 is 0 Å². The molecule has 0 aliphatic heterocycles. The number of aromatic amines is 1. The predicted octanol–water partition coefficient (Wildman–Crippen LogP) is 3.45. The molecule has 3 rings (SSSR count). The van der Waals surface area contributed by atoms with Gasteiger partial charge in [-0.25, -0.2) is 0 Å². The fourth-order valence-electron chi connectivity index (χ4n) is 2.27. The van der Waals surface area contributed by atoms with Crippen molar-refractivity contribution in [3.8, 4) is 22.4 Å². The summed E-state index contributed by atoms with van der Waals surface area (Å²) >= 11 is 0. The minimum absolute atomic E-state index is 0.419. The van der Waals surface area contributed by atoms with Crippen molar-refractivity contribution in [3.05, 3.63) is 72.4 Å². The number of aromatic nitrogens is 1. The Morgan fingerprint density at radius 3 is 1.95 bits per heavy atom. The van der Waals surface area contributed by atoms with E-state index in [-0.39, 0.29) is 0 Å². The number of nitrogens with one attached hydrogen (secondary N) is 1. The van der Waals surface area contributed by atoms with Gasteiger partial charge < -0.3 is 10.7 Å². The van der Waals surface area contributed by atoms with E-state index >= 15 is 0 Å². The number of hydrogen-bond donors (Lipinski definition) is 2. The van der Waals surface area contributed by atoms with Gasteiger partial charge in [-0.3, -0.25) is 4.79 Å². The Morgan fingerprint density at radius 1 is 0.850 bits per heavy atom. The van der Waals surface area contributed by atoms with Crippen LogP contribution in [0.4, 0.5) is 0 Å². The van der Waals surface area contributed by atoms with Crippen LogP contribution in [0.2, 0.25) is 0 Å². The zero-order valence-corrected chi connectivity index (χ0v) is 10.8. The van der Waals surface area contributed by atoms with Gasteiger partial charge in [-0.2, -0.15) is 0 Å². The molecule has 1 aromatic heterocycles. The lowest BCUT2D eigenvalue weighted by Gasteiger charge is -2.04. The Hall–Kier alpha value is -2.81. The molecule has 1 amide bonds. The minimum Gasteiger partial charge on any atom is -0.364 e. The zero-order chi connectivity index (χ0) is 13.9. The highest BCUT2D eigenvalue weighted by Crippen LogP contribution is 2.32. The van der Waals surface area contributed by atoms with Crippen LogP contribution in [-0.4, -0.2) is 10.9 Å². The molecule has 0 saturated carbocycles. The Bertz CT molecular complexity index is 673. The summed E-state index contributed by atoms with van der Waals surface area (Å²) in [6.07, 6.45) is 0. The highest BCUT2D eigenvalue weighted by Gasteiger charge is 2.14. The van der Waals surface area contributed by atoms with E-state index in [1.807, 2.05) is 60.7 Å². The van der Waals surface area contributed by atoms with Crippen molar-refractivity contribution in [2.75, 3.05) is 0 Å². The van der Waals surface area contributed by atoms with Crippen LogP contribution in [0.15, 0.2) is 66.7 Å². The van der Waals surface area contributed by atoms with E-state index in [0.717, 1.165) is 22.4 Å². The first kappa shape index (κ1) is 12.2. The van der Waals surface area contributed by atoms with Gasteiger partial charge in [0.25, 0.3) is 5.91 Å². The maximum absolute atomic E-state index is 11.4. The number of primary amides is 1. The average molecular weight is 262 g/mol. The van der Waals surface area contributed by atoms with Gasteiger partial charge in [-0.05, 0) is 17.2 Å². The normalized spacial score (nSPS) is 10.4. The van der Waals surface area contributed by atoms with E-state index in [0.29, 0.717) is 5.69 Å². The van der Waals surface area contributed by atoms with Crippen molar-refractivity contribution in [2.24, 2.45) is 5.73 Å². The molecule has 3 nitrogen and oxygen atoms in total. The molecule has 3 N–H and O–H groups in total. The summed E-state index contributed by atoms with van der Waals surface area (Å²) in [5.74, 6) is -0.454. The monoisotopic (exact) mass is 262 g/mol. The maximum atomic E-state index is 11.4. The number of nitrogens with two attached hydrogens (primary N) is 1. The van der Waals surface area contributed by atoms with Crippen LogP contribution in [0, 0.1) is 0 Å². The molecular weight excluding hydrogens is 248 g/mol. The SMILES string of the molecule is NC(=O)c1cc(-c2ccccc2)c(-c2ccccc2)[nH]1. The molecule has 0 bridgehead atoms.